The van der Waals surface area contributed by atoms with Crippen LogP contribution in [0.1, 0.15) is 29.5 Å². The summed E-state index contributed by atoms with van der Waals surface area (Å²) in [5, 5.41) is 24.3. The summed E-state index contributed by atoms with van der Waals surface area (Å²) in [6.45, 7) is 1.80. The van der Waals surface area contributed by atoms with Crippen LogP contribution in [0.15, 0.2) is 55.0 Å². The van der Waals surface area contributed by atoms with E-state index in [2.05, 4.69) is 25.6 Å². The molecule has 0 unspecified atom stereocenters. The van der Waals surface area contributed by atoms with Gasteiger partial charge in [-0.05, 0) is 43.3 Å². The lowest BCUT2D eigenvalue weighted by molar-refractivity contribution is 0.103. The Bertz CT molecular complexity index is 1660. The number of ether oxygens (including phenoxy) is 1. The lowest BCUT2D eigenvalue weighted by Gasteiger charge is -2.17. The van der Waals surface area contributed by atoms with Gasteiger partial charge in [-0.2, -0.15) is 15.5 Å². The maximum atomic E-state index is 15.1. The summed E-state index contributed by atoms with van der Waals surface area (Å²) in [5.41, 5.74) is 2.78. The van der Waals surface area contributed by atoms with Crippen LogP contribution in [0.4, 0.5) is 20.3 Å². The molecule has 10 nitrogen and oxygen atoms in total. The Balaban J connectivity index is 1.44. The van der Waals surface area contributed by atoms with Crippen LogP contribution in [0.3, 0.4) is 0 Å². The topological polar surface area (TPSA) is 119 Å². The van der Waals surface area contributed by atoms with Crippen molar-refractivity contribution in [3.8, 4) is 17.7 Å². The number of nitriles is 1. The third-order valence-electron chi connectivity index (χ3n) is 6.11. The van der Waals surface area contributed by atoms with Gasteiger partial charge >= 0.3 is 0 Å². The maximum Gasteiger partial charge on any atom is 0.163 e. The first-order valence-electron chi connectivity index (χ1n) is 11.5. The molecule has 4 aromatic heterocycles. The zero-order valence-corrected chi connectivity index (χ0v) is 19.5. The van der Waals surface area contributed by atoms with Gasteiger partial charge < -0.3 is 10.1 Å². The number of alkyl halides is 1. The van der Waals surface area contributed by atoms with Crippen molar-refractivity contribution in [3.05, 3.63) is 77.8 Å². The van der Waals surface area contributed by atoms with Crippen LogP contribution < -0.4 is 5.32 Å². The number of pyridine rings is 1. The molecular formula is C25H19F2N9O. The van der Waals surface area contributed by atoms with Gasteiger partial charge in [0.2, 0.25) is 0 Å². The number of anilines is 2. The van der Waals surface area contributed by atoms with E-state index in [9.17, 15) is 9.65 Å². The molecule has 184 valence electrons. The van der Waals surface area contributed by atoms with E-state index in [-0.39, 0.29) is 24.4 Å². The zero-order chi connectivity index (χ0) is 25.5. The van der Waals surface area contributed by atoms with E-state index in [1.165, 1.54) is 16.9 Å². The average molecular weight is 499 g/mol. The Labute approximate surface area is 209 Å². The van der Waals surface area contributed by atoms with Crippen LogP contribution in [-0.2, 0) is 4.74 Å². The highest BCUT2D eigenvalue weighted by molar-refractivity contribution is 5.82. The predicted molar refractivity (Wildman–Crippen MR) is 129 cm³/mol. The highest BCUT2D eigenvalue weighted by Crippen LogP contribution is 2.35. The lowest BCUT2D eigenvalue weighted by atomic mass is 10.1. The SMILES string of the molecule is Cc1cc(C#N)nn1-c1nc(-n2cnc3cc(Nc4cccnn4)c(F)cc32)ccc1[C@H]1C[C@@H](F)CO1. The Hall–Kier alpha value is -4.76. The summed E-state index contributed by atoms with van der Waals surface area (Å²) >= 11 is 0. The minimum absolute atomic E-state index is 0.00373. The fourth-order valence-electron chi connectivity index (χ4n) is 4.37. The number of nitrogens with zero attached hydrogens (tertiary/aromatic N) is 8. The second kappa shape index (κ2) is 9.03. The van der Waals surface area contributed by atoms with Crippen LogP contribution in [0, 0.1) is 24.1 Å². The van der Waals surface area contributed by atoms with Gasteiger partial charge in [0, 0.05) is 29.9 Å². The Morgan fingerprint density at radius 3 is 2.84 bits per heavy atom. The second-order valence-corrected chi connectivity index (χ2v) is 8.60. The molecule has 6 rings (SSSR count). The minimum atomic E-state index is -1.07. The molecule has 5 aromatic rings. The van der Waals surface area contributed by atoms with Crippen LogP contribution in [-0.4, -0.2) is 47.3 Å². The molecule has 0 aliphatic carbocycles. The van der Waals surface area contributed by atoms with Crippen LogP contribution in [0.2, 0.25) is 0 Å². The molecule has 1 N–H and O–H groups in total. The number of nitrogens with one attached hydrogen (secondary N) is 1. The molecule has 1 aromatic carbocycles. The van der Waals surface area contributed by atoms with Crippen LogP contribution in [0.25, 0.3) is 22.7 Å². The van der Waals surface area contributed by atoms with Crippen molar-refractivity contribution in [1.29, 1.82) is 5.26 Å². The molecule has 1 aliphatic rings. The number of benzene rings is 1. The van der Waals surface area contributed by atoms with E-state index in [1.54, 1.807) is 54.2 Å². The zero-order valence-electron chi connectivity index (χ0n) is 19.5. The van der Waals surface area contributed by atoms with Crippen LogP contribution in [0.5, 0.6) is 0 Å². The van der Waals surface area contributed by atoms with Gasteiger partial charge in [0.15, 0.2) is 17.3 Å². The molecular weight excluding hydrogens is 480 g/mol. The minimum Gasteiger partial charge on any atom is -0.370 e. The maximum absolute atomic E-state index is 15.1. The number of imidazole rings is 1. The van der Waals surface area contributed by atoms with Gasteiger partial charge in [0.1, 0.15) is 30.2 Å². The lowest BCUT2D eigenvalue weighted by Crippen LogP contribution is -2.12. The Kier molecular flexibility index (Phi) is 5.54. The molecule has 1 aliphatic heterocycles. The van der Waals surface area contributed by atoms with Gasteiger partial charge in [0.05, 0.1) is 29.4 Å². The molecule has 0 amide bonds. The van der Waals surface area contributed by atoms with Gasteiger partial charge in [-0.25, -0.2) is 23.4 Å². The number of hydrogen-bond donors (Lipinski definition) is 1. The molecule has 0 radical (unpaired) electrons. The third kappa shape index (κ3) is 4.15. The summed E-state index contributed by atoms with van der Waals surface area (Å²) in [7, 11) is 0. The number of aryl methyl sites for hydroxylation is 1. The fraction of sp³-hybridized carbons (Fsp3) is 0.200. The molecule has 12 heteroatoms. The van der Waals surface area contributed by atoms with E-state index >= 15 is 4.39 Å². The summed E-state index contributed by atoms with van der Waals surface area (Å²) < 4.78 is 37.8. The molecule has 1 saturated heterocycles. The summed E-state index contributed by atoms with van der Waals surface area (Å²) in [4.78, 5) is 9.21. The Morgan fingerprint density at radius 1 is 1.22 bits per heavy atom. The quantitative estimate of drug-likeness (QED) is 0.381. The van der Waals surface area contributed by atoms with Crippen molar-refractivity contribution < 1.29 is 13.5 Å². The van der Waals surface area contributed by atoms with Crippen molar-refractivity contribution >= 4 is 22.5 Å². The second-order valence-electron chi connectivity index (χ2n) is 8.60. The van der Waals surface area contributed by atoms with Gasteiger partial charge in [0.25, 0.3) is 0 Å². The fourth-order valence-corrected chi connectivity index (χ4v) is 4.37. The first-order chi connectivity index (χ1) is 18.0. The van der Waals surface area contributed by atoms with Crippen molar-refractivity contribution in [2.24, 2.45) is 0 Å². The number of fused-ring (bicyclic) bond motifs is 1. The molecule has 0 bridgehead atoms. The standard InChI is InChI=1S/C25H19F2N9O/c1-14-7-16(11-28)34-36(14)25-17(22-8-15(26)12-37-22)4-5-24(32-25)35-13-29-20-10-19(18(27)9-21(20)35)31-23-3-2-6-30-33-23/h2-7,9-10,13,15,22H,8,12H2,1H3,(H,31,33)/t15-,22-/m1/s1. The molecule has 2 atom stereocenters. The first kappa shape index (κ1) is 22.7. The summed E-state index contributed by atoms with van der Waals surface area (Å²) in [6, 6.07) is 13.5. The third-order valence-corrected chi connectivity index (χ3v) is 6.11. The van der Waals surface area contributed by atoms with E-state index in [1.807, 2.05) is 6.07 Å². The molecule has 1 fully saturated rings. The molecule has 0 spiro atoms. The monoisotopic (exact) mass is 499 g/mol. The highest BCUT2D eigenvalue weighted by Gasteiger charge is 2.30. The number of rotatable bonds is 5. The average Bonchev–Trinajstić information content (AvgIpc) is 3.62. The normalized spacial score (nSPS) is 17.2. The number of aromatic nitrogens is 7. The largest absolute Gasteiger partial charge is 0.370 e. The molecule has 0 saturated carbocycles. The van der Waals surface area contributed by atoms with Crippen LogP contribution >= 0.6 is 0 Å². The first-order valence-corrected chi connectivity index (χ1v) is 11.5. The smallest absolute Gasteiger partial charge is 0.163 e. The van der Waals surface area contributed by atoms with E-state index in [4.69, 9.17) is 9.72 Å². The summed E-state index contributed by atoms with van der Waals surface area (Å²) in [5.74, 6) is 0.738. The van der Waals surface area contributed by atoms with Crippen molar-refractivity contribution in [3.63, 3.8) is 0 Å². The Morgan fingerprint density at radius 2 is 2.11 bits per heavy atom. The van der Waals surface area contributed by atoms with E-state index < -0.39 is 18.1 Å². The highest BCUT2D eigenvalue weighted by atomic mass is 19.1. The number of hydrogen-bond acceptors (Lipinski definition) is 8. The van der Waals surface area contributed by atoms with Crippen molar-refractivity contribution in [2.45, 2.75) is 25.6 Å². The van der Waals surface area contributed by atoms with Crippen molar-refractivity contribution in [1.82, 2.24) is 34.5 Å². The van der Waals surface area contributed by atoms with E-state index in [0.717, 1.165) is 0 Å². The summed E-state index contributed by atoms with van der Waals surface area (Å²) in [6.07, 6.45) is 1.69. The molecule has 5 heterocycles. The van der Waals surface area contributed by atoms with E-state index in [0.29, 0.717) is 39.7 Å². The number of halogens is 2. The van der Waals surface area contributed by atoms with Gasteiger partial charge in [-0.15, -0.1) is 5.10 Å². The van der Waals surface area contributed by atoms with Gasteiger partial charge in [-0.3, -0.25) is 4.57 Å². The van der Waals surface area contributed by atoms with Crippen molar-refractivity contribution in [2.75, 3.05) is 11.9 Å². The van der Waals surface area contributed by atoms with Gasteiger partial charge in [-0.1, -0.05) is 0 Å². The molecule has 37 heavy (non-hydrogen) atoms. The predicted octanol–water partition coefficient (Wildman–Crippen LogP) is 4.26.